The minimum Gasteiger partial charge on any atom is -0.362 e. The van der Waals surface area contributed by atoms with E-state index < -0.39 is 0 Å². The summed E-state index contributed by atoms with van der Waals surface area (Å²) in [7, 11) is 0. The molecule has 0 unspecified atom stereocenters. The molecule has 0 aliphatic carbocycles. The van der Waals surface area contributed by atoms with Crippen LogP contribution in [-0.4, -0.2) is 25.2 Å². The van der Waals surface area contributed by atoms with Gasteiger partial charge < -0.3 is 10.2 Å². The van der Waals surface area contributed by atoms with Crippen molar-refractivity contribution in [2.45, 2.75) is 25.9 Å². The minimum absolute atomic E-state index is 0.494. The maximum absolute atomic E-state index is 6.23. The van der Waals surface area contributed by atoms with Crippen molar-refractivity contribution < 1.29 is 0 Å². The van der Waals surface area contributed by atoms with Gasteiger partial charge in [-0.15, -0.1) is 0 Å². The Labute approximate surface area is 96.2 Å². The van der Waals surface area contributed by atoms with Gasteiger partial charge in [-0.1, -0.05) is 23.7 Å². The second-order valence-corrected chi connectivity index (χ2v) is 4.62. The maximum Gasteiger partial charge on any atom is 0.0639 e. The van der Waals surface area contributed by atoms with Gasteiger partial charge in [0.1, 0.15) is 0 Å². The number of piperazine rings is 1. The third-order valence-corrected chi connectivity index (χ3v) is 3.28. The van der Waals surface area contributed by atoms with E-state index in [2.05, 4.69) is 30.1 Å². The number of nitrogens with one attached hydrogen (secondary N) is 1. The Morgan fingerprint density at radius 2 is 1.80 bits per heavy atom. The highest BCUT2D eigenvalue weighted by Crippen LogP contribution is 2.29. The number of benzene rings is 1. The van der Waals surface area contributed by atoms with Gasteiger partial charge in [0.15, 0.2) is 0 Å². The Hall–Kier alpha value is -0.730. The predicted octanol–water partition coefficient (Wildman–Crippen LogP) is 2.53. The first-order valence-electron chi connectivity index (χ1n) is 5.43. The minimum atomic E-state index is 0.494. The van der Waals surface area contributed by atoms with E-state index in [1.165, 1.54) is 0 Å². The third kappa shape index (κ3) is 2.11. The quantitative estimate of drug-likeness (QED) is 0.789. The molecule has 1 aromatic rings. The summed E-state index contributed by atoms with van der Waals surface area (Å²) in [4.78, 5) is 2.40. The summed E-state index contributed by atoms with van der Waals surface area (Å²) in [6.45, 7) is 6.50. The highest BCUT2D eigenvalue weighted by atomic mass is 35.5. The standard InChI is InChI=1S/C12H17ClN2/c1-9-7-14-8-10(2)15(9)12-6-4-3-5-11(12)13/h3-6,9-10,14H,7-8H2,1-2H3/t9-,10+. The number of rotatable bonds is 1. The highest BCUT2D eigenvalue weighted by Gasteiger charge is 2.25. The third-order valence-electron chi connectivity index (χ3n) is 2.96. The lowest BCUT2D eigenvalue weighted by molar-refractivity contribution is 0.432. The molecule has 1 aliphatic rings. The van der Waals surface area contributed by atoms with Crippen LogP contribution in [0.4, 0.5) is 5.69 Å². The number of hydrogen-bond donors (Lipinski definition) is 1. The van der Waals surface area contributed by atoms with Gasteiger partial charge in [-0.2, -0.15) is 0 Å². The van der Waals surface area contributed by atoms with E-state index in [9.17, 15) is 0 Å². The zero-order valence-electron chi connectivity index (χ0n) is 9.20. The van der Waals surface area contributed by atoms with Crippen LogP contribution in [0.3, 0.4) is 0 Å². The lowest BCUT2D eigenvalue weighted by Crippen LogP contribution is -2.55. The van der Waals surface area contributed by atoms with E-state index in [-0.39, 0.29) is 0 Å². The Morgan fingerprint density at radius 1 is 1.20 bits per heavy atom. The molecular formula is C12H17ClN2. The fourth-order valence-corrected chi connectivity index (χ4v) is 2.50. The van der Waals surface area contributed by atoms with Gasteiger partial charge in [0.05, 0.1) is 10.7 Å². The van der Waals surface area contributed by atoms with Gasteiger partial charge in [0.25, 0.3) is 0 Å². The normalized spacial score (nSPS) is 26.7. The summed E-state index contributed by atoms with van der Waals surface area (Å²) in [5.74, 6) is 0. The number of hydrogen-bond acceptors (Lipinski definition) is 2. The van der Waals surface area contributed by atoms with Crippen LogP contribution in [0.5, 0.6) is 0 Å². The summed E-state index contributed by atoms with van der Waals surface area (Å²) >= 11 is 6.23. The van der Waals surface area contributed by atoms with Crippen LogP contribution < -0.4 is 10.2 Å². The van der Waals surface area contributed by atoms with Crippen molar-refractivity contribution in [3.63, 3.8) is 0 Å². The van der Waals surface area contributed by atoms with Gasteiger partial charge in [-0.3, -0.25) is 0 Å². The summed E-state index contributed by atoms with van der Waals surface area (Å²) in [5.41, 5.74) is 1.15. The molecule has 1 fully saturated rings. The lowest BCUT2D eigenvalue weighted by Gasteiger charge is -2.41. The van der Waals surface area contributed by atoms with Gasteiger partial charge in [0, 0.05) is 25.2 Å². The first-order valence-corrected chi connectivity index (χ1v) is 5.81. The average Bonchev–Trinajstić information content (AvgIpc) is 2.20. The van der Waals surface area contributed by atoms with E-state index in [1.807, 2.05) is 18.2 Å². The molecule has 15 heavy (non-hydrogen) atoms. The van der Waals surface area contributed by atoms with E-state index in [1.54, 1.807) is 0 Å². The monoisotopic (exact) mass is 224 g/mol. The summed E-state index contributed by atoms with van der Waals surface area (Å²) < 4.78 is 0. The number of halogens is 1. The SMILES string of the molecule is C[C@@H]1CNC[C@H](C)N1c1ccccc1Cl. The van der Waals surface area contributed by atoms with Gasteiger partial charge >= 0.3 is 0 Å². The molecule has 2 rings (SSSR count). The molecular weight excluding hydrogens is 208 g/mol. The summed E-state index contributed by atoms with van der Waals surface area (Å²) in [6.07, 6.45) is 0. The van der Waals surface area contributed by atoms with Gasteiger partial charge in [-0.05, 0) is 26.0 Å². The van der Waals surface area contributed by atoms with Crippen LogP contribution in [0.15, 0.2) is 24.3 Å². The Morgan fingerprint density at radius 3 is 2.40 bits per heavy atom. The largest absolute Gasteiger partial charge is 0.362 e. The van der Waals surface area contributed by atoms with Crippen molar-refractivity contribution in [2.24, 2.45) is 0 Å². The Bertz CT molecular complexity index is 330. The van der Waals surface area contributed by atoms with E-state index >= 15 is 0 Å². The van der Waals surface area contributed by atoms with Crippen LogP contribution >= 0.6 is 11.6 Å². The van der Waals surface area contributed by atoms with E-state index in [4.69, 9.17) is 11.6 Å². The molecule has 1 saturated heterocycles. The van der Waals surface area contributed by atoms with Gasteiger partial charge in [0.2, 0.25) is 0 Å². The van der Waals surface area contributed by atoms with Crippen LogP contribution in [-0.2, 0) is 0 Å². The fraction of sp³-hybridized carbons (Fsp3) is 0.500. The fourth-order valence-electron chi connectivity index (χ4n) is 2.27. The molecule has 1 aliphatic heterocycles. The number of nitrogens with zero attached hydrogens (tertiary/aromatic N) is 1. The van der Waals surface area contributed by atoms with Gasteiger partial charge in [-0.25, -0.2) is 0 Å². The molecule has 2 nitrogen and oxygen atoms in total. The molecule has 0 amide bonds. The lowest BCUT2D eigenvalue weighted by atomic mass is 10.1. The molecule has 0 spiro atoms. The molecule has 0 radical (unpaired) electrons. The number of para-hydroxylation sites is 1. The summed E-state index contributed by atoms with van der Waals surface area (Å²) in [5, 5.41) is 4.26. The smallest absolute Gasteiger partial charge is 0.0639 e. The second kappa shape index (κ2) is 4.42. The van der Waals surface area contributed by atoms with Crippen molar-refractivity contribution in [2.75, 3.05) is 18.0 Å². The van der Waals surface area contributed by atoms with E-state index in [0.29, 0.717) is 12.1 Å². The van der Waals surface area contributed by atoms with Crippen molar-refractivity contribution >= 4 is 17.3 Å². The van der Waals surface area contributed by atoms with Crippen LogP contribution in [0.2, 0.25) is 5.02 Å². The molecule has 82 valence electrons. The predicted molar refractivity (Wildman–Crippen MR) is 65.7 cm³/mol. The molecule has 3 heteroatoms. The van der Waals surface area contributed by atoms with Crippen molar-refractivity contribution in [1.29, 1.82) is 0 Å². The first kappa shape index (κ1) is 10.8. The highest BCUT2D eigenvalue weighted by molar-refractivity contribution is 6.33. The van der Waals surface area contributed by atoms with Crippen LogP contribution in [0.25, 0.3) is 0 Å². The molecule has 0 bridgehead atoms. The van der Waals surface area contributed by atoms with Crippen molar-refractivity contribution in [3.05, 3.63) is 29.3 Å². The zero-order valence-corrected chi connectivity index (χ0v) is 9.96. The molecule has 0 saturated carbocycles. The Kier molecular flexibility index (Phi) is 3.17. The molecule has 1 N–H and O–H groups in total. The van der Waals surface area contributed by atoms with E-state index in [0.717, 1.165) is 23.8 Å². The van der Waals surface area contributed by atoms with Crippen LogP contribution in [0, 0.1) is 0 Å². The number of anilines is 1. The van der Waals surface area contributed by atoms with Crippen molar-refractivity contribution in [3.8, 4) is 0 Å². The summed E-state index contributed by atoms with van der Waals surface area (Å²) in [6, 6.07) is 9.06. The molecule has 2 atom stereocenters. The first-order chi connectivity index (χ1) is 7.20. The second-order valence-electron chi connectivity index (χ2n) is 4.21. The molecule has 1 aromatic carbocycles. The van der Waals surface area contributed by atoms with Crippen molar-refractivity contribution in [1.82, 2.24) is 5.32 Å². The average molecular weight is 225 g/mol. The topological polar surface area (TPSA) is 15.3 Å². The zero-order chi connectivity index (χ0) is 10.8. The Balaban J connectivity index is 2.31. The molecule has 0 aromatic heterocycles. The maximum atomic E-state index is 6.23. The van der Waals surface area contributed by atoms with Crippen LogP contribution in [0.1, 0.15) is 13.8 Å². The molecule has 1 heterocycles.